The van der Waals surface area contributed by atoms with Gasteiger partial charge in [-0.2, -0.15) is 0 Å². The summed E-state index contributed by atoms with van der Waals surface area (Å²) < 4.78 is 5.29. The Hall–Kier alpha value is -2.28. The molecular formula is C18H25N3O4. The third-order valence-electron chi connectivity index (χ3n) is 4.46. The van der Waals surface area contributed by atoms with Gasteiger partial charge in [0.1, 0.15) is 11.6 Å². The summed E-state index contributed by atoms with van der Waals surface area (Å²) in [6, 6.07) is 4.83. The Morgan fingerprint density at radius 3 is 2.76 bits per heavy atom. The lowest BCUT2D eigenvalue weighted by Gasteiger charge is -2.28. The van der Waals surface area contributed by atoms with Crippen LogP contribution in [0.2, 0.25) is 0 Å². The predicted octanol–water partition coefficient (Wildman–Crippen LogP) is 1.28. The Balaban J connectivity index is 1.91. The highest BCUT2D eigenvalue weighted by Gasteiger charge is 2.42. The van der Waals surface area contributed by atoms with Crippen molar-refractivity contribution < 1.29 is 19.4 Å². The molecule has 136 valence electrons. The second-order valence-corrected chi connectivity index (χ2v) is 7.61. The summed E-state index contributed by atoms with van der Waals surface area (Å²) in [5, 5.41) is 12.4. The van der Waals surface area contributed by atoms with Gasteiger partial charge in [0.15, 0.2) is 0 Å². The normalized spacial score (nSPS) is 22.5. The van der Waals surface area contributed by atoms with Crippen LogP contribution in [0.5, 0.6) is 0 Å². The summed E-state index contributed by atoms with van der Waals surface area (Å²) in [4.78, 5) is 28.8. The summed E-state index contributed by atoms with van der Waals surface area (Å²) >= 11 is 0. The number of likely N-dealkylation sites (N-methyl/N-ethyl adjacent to an activating group) is 1. The molecule has 0 fully saturated rings. The highest BCUT2D eigenvalue weighted by atomic mass is 16.6. The maximum absolute atomic E-state index is 13.1. The molecule has 7 heteroatoms. The number of para-hydroxylation sites is 1. The summed E-state index contributed by atoms with van der Waals surface area (Å²) in [7, 11) is 1.89. The molecule has 3 rings (SSSR count). The van der Waals surface area contributed by atoms with E-state index >= 15 is 0 Å². The number of carbonyl (C=O) groups excluding carboxylic acids is 2. The second-order valence-electron chi connectivity index (χ2n) is 7.61. The van der Waals surface area contributed by atoms with Crippen LogP contribution in [0.3, 0.4) is 0 Å². The number of hydrogen-bond acceptors (Lipinski definition) is 5. The van der Waals surface area contributed by atoms with E-state index in [2.05, 4.69) is 5.32 Å². The van der Waals surface area contributed by atoms with Crippen LogP contribution in [0, 0.1) is 0 Å². The number of nitrogens with one attached hydrogen (secondary N) is 1. The van der Waals surface area contributed by atoms with Crippen LogP contribution in [-0.2, 0) is 16.0 Å². The first-order chi connectivity index (χ1) is 11.7. The van der Waals surface area contributed by atoms with E-state index in [1.807, 2.05) is 30.1 Å². The highest BCUT2D eigenvalue weighted by Crippen LogP contribution is 2.42. The fourth-order valence-electron chi connectivity index (χ4n) is 3.47. The molecule has 0 unspecified atom stereocenters. The zero-order valence-corrected chi connectivity index (χ0v) is 15.1. The van der Waals surface area contributed by atoms with Gasteiger partial charge >= 0.3 is 6.09 Å². The van der Waals surface area contributed by atoms with Crippen molar-refractivity contribution in [3.63, 3.8) is 0 Å². The van der Waals surface area contributed by atoms with Gasteiger partial charge in [0.25, 0.3) is 5.91 Å². The lowest BCUT2D eigenvalue weighted by molar-refractivity contribution is -0.120. The number of carbonyl (C=O) groups is 2. The Morgan fingerprint density at radius 2 is 2.12 bits per heavy atom. The minimum atomic E-state index is -0.743. The molecule has 0 bridgehead atoms. The summed E-state index contributed by atoms with van der Waals surface area (Å²) in [5.74, 6) is -0.222. The standard InChI is InChI=1S/C18H25N3O4/c1-18(2,3)25-17(24)19-13-9-20(4)14-7-5-6-11-8-12(10-22)21(15(11)14)16(13)23/h5-7,12-13,22H,8-10H2,1-4H3,(H,19,24)/t12-,13+/m1/s1. The number of nitrogens with zero attached hydrogens (tertiary/aromatic N) is 2. The van der Waals surface area contributed by atoms with Crippen molar-refractivity contribution >= 4 is 23.4 Å². The van der Waals surface area contributed by atoms with Crippen LogP contribution < -0.4 is 15.1 Å². The Labute approximate surface area is 147 Å². The molecule has 2 amide bonds. The zero-order valence-electron chi connectivity index (χ0n) is 15.1. The van der Waals surface area contributed by atoms with Gasteiger partial charge in [-0.15, -0.1) is 0 Å². The van der Waals surface area contributed by atoms with Gasteiger partial charge in [-0.05, 0) is 38.8 Å². The highest BCUT2D eigenvalue weighted by molar-refractivity contribution is 6.05. The van der Waals surface area contributed by atoms with Gasteiger partial charge in [-0.25, -0.2) is 4.79 Å². The molecule has 2 aliphatic heterocycles. The second kappa shape index (κ2) is 6.22. The number of hydrogen-bond donors (Lipinski definition) is 2. The smallest absolute Gasteiger partial charge is 0.408 e. The number of rotatable bonds is 2. The van der Waals surface area contributed by atoms with Crippen molar-refractivity contribution in [2.45, 2.75) is 44.9 Å². The largest absolute Gasteiger partial charge is 0.444 e. The molecule has 0 aromatic heterocycles. The van der Waals surface area contributed by atoms with E-state index in [0.717, 1.165) is 16.9 Å². The number of benzene rings is 1. The monoisotopic (exact) mass is 347 g/mol. The van der Waals surface area contributed by atoms with Crippen LogP contribution in [0.1, 0.15) is 26.3 Å². The minimum absolute atomic E-state index is 0.122. The molecule has 1 aromatic carbocycles. The molecule has 2 aliphatic rings. The van der Waals surface area contributed by atoms with Crippen molar-refractivity contribution in [2.75, 3.05) is 30.0 Å². The van der Waals surface area contributed by atoms with Gasteiger partial charge in [0.05, 0.1) is 24.0 Å². The number of anilines is 2. The van der Waals surface area contributed by atoms with Crippen molar-refractivity contribution in [1.82, 2.24) is 5.32 Å². The van der Waals surface area contributed by atoms with E-state index in [1.54, 1.807) is 25.7 Å². The molecule has 2 N–H and O–H groups in total. The van der Waals surface area contributed by atoms with E-state index in [1.165, 1.54) is 0 Å². The molecule has 7 nitrogen and oxygen atoms in total. The van der Waals surface area contributed by atoms with Crippen LogP contribution in [0.4, 0.5) is 16.2 Å². The Bertz CT molecular complexity index is 698. The van der Waals surface area contributed by atoms with Gasteiger partial charge < -0.3 is 25.0 Å². The van der Waals surface area contributed by atoms with E-state index in [9.17, 15) is 14.7 Å². The molecule has 2 heterocycles. The first-order valence-electron chi connectivity index (χ1n) is 8.47. The number of aliphatic hydroxyl groups excluding tert-OH is 1. The molecule has 2 atom stereocenters. The molecule has 25 heavy (non-hydrogen) atoms. The average molecular weight is 347 g/mol. The third kappa shape index (κ3) is 3.28. The molecular weight excluding hydrogens is 322 g/mol. The quantitative estimate of drug-likeness (QED) is 0.842. The summed E-state index contributed by atoms with van der Waals surface area (Å²) in [5.41, 5.74) is 2.16. The molecule has 0 saturated carbocycles. The predicted molar refractivity (Wildman–Crippen MR) is 94.9 cm³/mol. The SMILES string of the molecule is CN1C[C@H](NC(=O)OC(C)(C)C)C(=O)N2c3c(cccc31)C[C@@H]2CO. The van der Waals surface area contributed by atoms with E-state index in [4.69, 9.17) is 4.74 Å². The van der Waals surface area contributed by atoms with Crippen molar-refractivity contribution in [1.29, 1.82) is 0 Å². The third-order valence-corrected chi connectivity index (χ3v) is 4.46. The van der Waals surface area contributed by atoms with Crippen LogP contribution in [-0.4, -0.2) is 55.0 Å². The molecule has 0 aliphatic carbocycles. The molecule has 0 radical (unpaired) electrons. The van der Waals surface area contributed by atoms with E-state index in [-0.39, 0.29) is 18.6 Å². The minimum Gasteiger partial charge on any atom is -0.444 e. The maximum atomic E-state index is 13.1. The Morgan fingerprint density at radius 1 is 1.40 bits per heavy atom. The van der Waals surface area contributed by atoms with Crippen molar-refractivity contribution in [3.05, 3.63) is 23.8 Å². The Kier molecular flexibility index (Phi) is 4.36. The van der Waals surface area contributed by atoms with Gasteiger partial charge in [0.2, 0.25) is 0 Å². The van der Waals surface area contributed by atoms with Crippen molar-refractivity contribution in [3.8, 4) is 0 Å². The van der Waals surface area contributed by atoms with Gasteiger partial charge in [-0.3, -0.25) is 4.79 Å². The first kappa shape index (κ1) is 17.5. The summed E-state index contributed by atoms with van der Waals surface area (Å²) in [6.07, 6.45) is -0.0107. The number of alkyl carbamates (subject to hydrolysis) is 1. The number of aliphatic hydroxyl groups is 1. The van der Waals surface area contributed by atoms with Gasteiger partial charge in [0, 0.05) is 13.6 Å². The van der Waals surface area contributed by atoms with Crippen LogP contribution in [0.15, 0.2) is 18.2 Å². The maximum Gasteiger partial charge on any atom is 0.408 e. The lowest BCUT2D eigenvalue weighted by atomic mass is 10.1. The summed E-state index contributed by atoms with van der Waals surface area (Å²) in [6.45, 7) is 5.54. The van der Waals surface area contributed by atoms with Crippen LogP contribution in [0.25, 0.3) is 0 Å². The number of amides is 2. The zero-order chi connectivity index (χ0) is 18.4. The van der Waals surface area contributed by atoms with Gasteiger partial charge in [-0.1, -0.05) is 12.1 Å². The molecule has 0 spiro atoms. The lowest BCUT2D eigenvalue weighted by Crippen LogP contribution is -2.54. The van der Waals surface area contributed by atoms with Crippen LogP contribution >= 0.6 is 0 Å². The van der Waals surface area contributed by atoms with E-state index in [0.29, 0.717) is 13.0 Å². The molecule has 0 saturated heterocycles. The molecule has 1 aromatic rings. The van der Waals surface area contributed by atoms with Crippen molar-refractivity contribution in [2.24, 2.45) is 0 Å². The fourth-order valence-corrected chi connectivity index (χ4v) is 3.47. The number of ether oxygens (including phenoxy) is 1. The van der Waals surface area contributed by atoms with E-state index < -0.39 is 17.7 Å². The fraction of sp³-hybridized carbons (Fsp3) is 0.556. The average Bonchev–Trinajstić information content (AvgIpc) is 2.85. The topological polar surface area (TPSA) is 82.1 Å². The first-order valence-corrected chi connectivity index (χ1v) is 8.47.